The van der Waals surface area contributed by atoms with Crippen molar-refractivity contribution in [3.8, 4) is 0 Å². The van der Waals surface area contributed by atoms with Gasteiger partial charge in [-0.2, -0.15) is 13.2 Å². The molecule has 2 aromatic rings. The van der Waals surface area contributed by atoms with Crippen LogP contribution in [0.4, 0.5) is 13.2 Å². The lowest BCUT2D eigenvalue weighted by Gasteiger charge is -2.10. The van der Waals surface area contributed by atoms with Gasteiger partial charge in [0.05, 0.1) is 15.6 Å². The Balaban J connectivity index is 2.93. The monoisotopic (exact) mass is 359 g/mol. The Bertz CT molecular complexity index is 696. The quantitative estimate of drug-likeness (QED) is 0.683. The first-order chi connectivity index (χ1) is 8.21. The summed E-state index contributed by atoms with van der Waals surface area (Å²) in [5, 5.41) is -0.0624. The maximum absolute atomic E-state index is 12.6. The van der Waals surface area contributed by atoms with Gasteiger partial charge in [0.2, 0.25) is 0 Å². The van der Waals surface area contributed by atoms with Crippen molar-refractivity contribution in [1.29, 1.82) is 0 Å². The highest BCUT2D eigenvalue weighted by molar-refractivity contribution is 9.10. The van der Waals surface area contributed by atoms with Crippen molar-refractivity contribution in [1.82, 2.24) is 4.98 Å². The predicted octanol–water partition coefficient (Wildman–Crippen LogP) is 4.62. The molecule has 0 unspecified atom stereocenters. The van der Waals surface area contributed by atoms with Crippen LogP contribution in [0, 0.1) is 0 Å². The van der Waals surface area contributed by atoms with E-state index in [2.05, 4.69) is 20.9 Å². The van der Waals surface area contributed by atoms with Crippen LogP contribution in [-0.2, 0) is 6.18 Å². The van der Waals surface area contributed by atoms with Crippen LogP contribution in [0.2, 0.25) is 10.0 Å². The summed E-state index contributed by atoms with van der Waals surface area (Å²) >= 11 is 14.7. The van der Waals surface area contributed by atoms with Gasteiger partial charge in [-0.05, 0) is 22.0 Å². The second kappa shape index (κ2) is 4.43. The average molecular weight is 361 g/mol. The predicted molar refractivity (Wildman–Crippen MR) is 67.3 cm³/mol. The fourth-order valence-corrected chi connectivity index (χ4v) is 2.39. The molecule has 0 aliphatic rings. The van der Waals surface area contributed by atoms with E-state index >= 15 is 0 Å². The largest absolute Gasteiger partial charge is 0.431 e. The number of benzene rings is 1. The van der Waals surface area contributed by atoms with Crippen molar-refractivity contribution in [3.05, 3.63) is 42.6 Å². The van der Waals surface area contributed by atoms with Crippen LogP contribution in [-0.4, -0.2) is 4.98 Å². The molecule has 0 aliphatic carbocycles. The number of aromatic amines is 1. The van der Waals surface area contributed by atoms with Gasteiger partial charge in [-0.3, -0.25) is 4.79 Å². The molecule has 2 nitrogen and oxygen atoms in total. The Morgan fingerprint density at radius 3 is 2.33 bits per heavy atom. The molecule has 0 radical (unpaired) electrons. The van der Waals surface area contributed by atoms with E-state index < -0.39 is 17.3 Å². The number of hydrogen-bond acceptors (Lipinski definition) is 1. The zero-order valence-corrected chi connectivity index (χ0v) is 11.4. The molecule has 1 heterocycles. The summed E-state index contributed by atoms with van der Waals surface area (Å²) in [5.41, 5.74) is -2.08. The van der Waals surface area contributed by atoms with Crippen LogP contribution in [0.5, 0.6) is 0 Å². The number of halogens is 6. The van der Waals surface area contributed by atoms with Crippen molar-refractivity contribution >= 4 is 50.0 Å². The van der Waals surface area contributed by atoms with Gasteiger partial charge in [0, 0.05) is 15.9 Å². The fourth-order valence-electron chi connectivity index (χ4n) is 1.44. The minimum absolute atomic E-state index is 0.0317. The summed E-state index contributed by atoms with van der Waals surface area (Å²) < 4.78 is 38.0. The molecule has 0 atom stereocenters. The number of pyridine rings is 1. The molecule has 1 N–H and O–H groups in total. The lowest BCUT2D eigenvalue weighted by Crippen LogP contribution is -2.14. The van der Waals surface area contributed by atoms with Gasteiger partial charge in [0.1, 0.15) is 5.69 Å². The smallest absolute Gasteiger partial charge is 0.350 e. The molecule has 96 valence electrons. The molecule has 0 aliphatic heterocycles. The Labute approximate surface area is 117 Å². The van der Waals surface area contributed by atoms with Crippen LogP contribution in [0.1, 0.15) is 5.69 Å². The minimum atomic E-state index is -4.66. The summed E-state index contributed by atoms with van der Waals surface area (Å²) in [5.74, 6) is 0. The molecule has 0 fully saturated rings. The number of aromatic nitrogens is 1. The summed E-state index contributed by atoms with van der Waals surface area (Å²) in [6.45, 7) is 0. The third-order valence-electron chi connectivity index (χ3n) is 2.27. The zero-order chi connectivity index (χ0) is 13.7. The first-order valence-electron chi connectivity index (χ1n) is 4.49. The number of nitrogens with one attached hydrogen (secondary N) is 1. The molecule has 0 saturated carbocycles. The maximum Gasteiger partial charge on any atom is 0.431 e. The lowest BCUT2D eigenvalue weighted by molar-refractivity contribution is -0.141. The molecule has 2 rings (SSSR count). The van der Waals surface area contributed by atoms with E-state index in [0.29, 0.717) is 10.5 Å². The fraction of sp³-hybridized carbons (Fsp3) is 0.100. The van der Waals surface area contributed by atoms with Crippen LogP contribution >= 0.6 is 39.1 Å². The van der Waals surface area contributed by atoms with Gasteiger partial charge in [-0.1, -0.05) is 23.2 Å². The Morgan fingerprint density at radius 2 is 1.78 bits per heavy atom. The maximum atomic E-state index is 12.6. The van der Waals surface area contributed by atoms with E-state index in [1.807, 2.05) is 0 Å². The van der Waals surface area contributed by atoms with E-state index in [9.17, 15) is 18.0 Å². The van der Waals surface area contributed by atoms with Crippen LogP contribution < -0.4 is 5.43 Å². The third-order valence-corrected chi connectivity index (χ3v) is 3.99. The highest BCUT2D eigenvalue weighted by Crippen LogP contribution is 2.36. The Kier molecular flexibility index (Phi) is 3.38. The summed E-state index contributed by atoms with van der Waals surface area (Å²) in [7, 11) is 0. The summed E-state index contributed by atoms with van der Waals surface area (Å²) in [4.78, 5) is 13.7. The van der Waals surface area contributed by atoms with E-state index in [4.69, 9.17) is 23.2 Å². The van der Waals surface area contributed by atoms with Crippen LogP contribution in [0.25, 0.3) is 10.9 Å². The zero-order valence-electron chi connectivity index (χ0n) is 8.33. The first-order valence-corrected chi connectivity index (χ1v) is 6.04. The minimum Gasteiger partial charge on any atom is -0.350 e. The molecule has 18 heavy (non-hydrogen) atoms. The lowest BCUT2D eigenvalue weighted by atomic mass is 10.2. The molecule has 0 spiro atoms. The second-order valence-corrected chi connectivity index (χ2v) is 5.06. The highest BCUT2D eigenvalue weighted by atomic mass is 79.9. The van der Waals surface area contributed by atoms with Gasteiger partial charge in [0.25, 0.3) is 0 Å². The Hall–Kier alpha value is -0.720. The number of H-pyrrole nitrogens is 1. The molecule has 8 heteroatoms. The van der Waals surface area contributed by atoms with Gasteiger partial charge in [-0.15, -0.1) is 0 Å². The van der Waals surface area contributed by atoms with Crippen molar-refractivity contribution in [2.45, 2.75) is 6.18 Å². The molecular weight excluding hydrogens is 358 g/mol. The molecular formula is C10H3BrCl2F3NO. The second-order valence-electron chi connectivity index (χ2n) is 3.45. The van der Waals surface area contributed by atoms with Crippen molar-refractivity contribution in [2.75, 3.05) is 0 Å². The SMILES string of the molecule is O=c1cc(C(F)(F)F)[nH]c2c(Cl)c(Cl)c(Br)cc12. The van der Waals surface area contributed by atoms with E-state index in [1.165, 1.54) is 6.07 Å². The van der Waals surface area contributed by atoms with Gasteiger partial charge in [-0.25, -0.2) is 0 Å². The van der Waals surface area contributed by atoms with E-state index in [1.54, 1.807) is 0 Å². The van der Waals surface area contributed by atoms with Crippen molar-refractivity contribution in [2.24, 2.45) is 0 Å². The highest BCUT2D eigenvalue weighted by Gasteiger charge is 2.32. The standard InChI is InChI=1S/C10H3BrCl2F3NO/c11-4-1-3-5(18)2-6(10(14,15)16)17-9(3)8(13)7(4)12/h1-2H,(H,17,18). The van der Waals surface area contributed by atoms with Gasteiger partial charge < -0.3 is 4.98 Å². The molecule has 1 aromatic heterocycles. The molecule has 0 amide bonds. The van der Waals surface area contributed by atoms with Crippen molar-refractivity contribution < 1.29 is 13.2 Å². The van der Waals surface area contributed by atoms with Gasteiger partial charge >= 0.3 is 6.18 Å². The molecule has 0 bridgehead atoms. The van der Waals surface area contributed by atoms with Gasteiger partial charge in [0.15, 0.2) is 5.43 Å². The van der Waals surface area contributed by atoms with Crippen molar-refractivity contribution in [3.63, 3.8) is 0 Å². The number of hydrogen-bond donors (Lipinski definition) is 1. The number of alkyl halides is 3. The summed E-state index contributed by atoms with van der Waals surface area (Å²) in [6.07, 6.45) is -4.66. The first kappa shape index (κ1) is 13.7. The van der Waals surface area contributed by atoms with E-state index in [0.717, 1.165) is 0 Å². The number of rotatable bonds is 0. The third kappa shape index (κ3) is 2.24. The average Bonchev–Trinajstić information content (AvgIpc) is 2.26. The summed E-state index contributed by atoms with van der Waals surface area (Å²) in [6, 6.07) is 1.81. The molecule has 0 saturated heterocycles. The topological polar surface area (TPSA) is 32.9 Å². The Morgan fingerprint density at radius 1 is 1.17 bits per heavy atom. The van der Waals surface area contributed by atoms with Crippen LogP contribution in [0.3, 0.4) is 0 Å². The normalized spacial score (nSPS) is 12.1. The number of fused-ring (bicyclic) bond motifs is 1. The molecule has 1 aromatic carbocycles. The van der Waals surface area contributed by atoms with Crippen LogP contribution in [0.15, 0.2) is 21.4 Å². The van der Waals surface area contributed by atoms with E-state index in [-0.39, 0.29) is 20.9 Å².